The highest BCUT2D eigenvalue weighted by molar-refractivity contribution is 8.00. The van der Waals surface area contributed by atoms with Gasteiger partial charge in [0.15, 0.2) is 0 Å². The van der Waals surface area contributed by atoms with Gasteiger partial charge in [-0.1, -0.05) is 0 Å². The molecule has 0 saturated heterocycles. The summed E-state index contributed by atoms with van der Waals surface area (Å²) >= 11 is 8.06. The van der Waals surface area contributed by atoms with Crippen molar-refractivity contribution in [3.05, 3.63) is 23.8 Å². The Hall–Kier alpha value is -0.120. The second kappa shape index (κ2) is 3.56. The number of hydrogen-bond donors (Lipinski definition) is 1. The summed E-state index contributed by atoms with van der Waals surface area (Å²) in [5, 5.41) is 1.35. The van der Waals surface area contributed by atoms with E-state index in [1.165, 1.54) is 19.9 Å². The predicted molar refractivity (Wildman–Crippen MR) is 65.6 cm³/mol. The summed E-state index contributed by atoms with van der Waals surface area (Å²) in [6, 6.07) is 6.47. The Morgan fingerprint density at radius 2 is 2.15 bits per heavy atom. The Labute approximate surface area is 91.8 Å². The molecule has 2 rings (SSSR count). The second-order valence-corrected chi connectivity index (χ2v) is 5.56. The maximum absolute atomic E-state index is 4.41. The minimum Gasteiger partial charge on any atom is -0.143 e. The van der Waals surface area contributed by atoms with Crippen LogP contribution < -0.4 is 0 Å². The molecule has 0 N–H and O–H groups in total. The van der Waals surface area contributed by atoms with Crippen molar-refractivity contribution in [2.75, 3.05) is 6.26 Å². The zero-order chi connectivity index (χ0) is 9.42. The van der Waals surface area contributed by atoms with Crippen molar-refractivity contribution in [2.45, 2.75) is 16.0 Å². The van der Waals surface area contributed by atoms with Crippen LogP contribution in [0.15, 0.2) is 27.3 Å². The van der Waals surface area contributed by atoms with E-state index in [-0.39, 0.29) is 0 Å². The fraction of sp³-hybridized carbons (Fsp3) is 0.200. The third-order valence-electron chi connectivity index (χ3n) is 2.12. The van der Waals surface area contributed by atoms with Crippen LogP contribution in [-0.4, -0.2) is 6.26 Å². The van der Waals surface area contributed by atoms with Crippen LogP contribution in [0, 0.1) is 6.92 Å². The molecule has 13 heavy (non-hydrogen) atoms. The van der Waals surface area contributed by atoms with E-state index in [0.29, 0.717) is 0 Å². The molecule has 0 unspecified atom stereocenters. The van der Waals surface area contributed by atoms with Crippen molar-refractivity contribution >= 4 is 45.8 Å². The lowest BCUT2D eigenvalue weighted by Crippen LogP contribution is -1.74. The number of aryl methyl sites for hydroxylation is 1. The van der Waals surface area contributed by atoms with Gasteiger partial charge in [0.1, 0.15) is 0 Å². The lowest BCUT2D eigenvalue weighted by molar-refractivity contribution is 1.36. The second-order valence-electron chi connectivity index (χ2n) is 2.89. The predicted octanol–water partition coefficient (Wildman–Crippen LogP) is 4.22. The standard InChI is InChI=1S/C10H10S3/c1-6-7-5-10(12-2)13-9(7)4-3-8(6)11/h3-5,11H,1-2H3. The first-order valence-electron chi connectivity index (χ1n) is 3.98. The van der Waals surface area contributed by atoms with Gasteiger partial charge in [-0.15, -0.1) is 35.7 Å². The van der Waals surface area contributed by atoms with Crippen molar-refractivity contribution in [1.29, 1.82) is 0 Å². The van der Waals surface area contributed by atoms with E-state index in [4.69, 9.17) is 0 Å². The van der Waals surface area contributed by atoms with Crippen LogP contribution >= 0.6 is 35.7 Å². The number of hydrogen-bond acceptors (Lipinski definition) is 3. The van der Waals surface area contributed by atoms with E-state index in [0.717, 1.165) is 4.90 Å². The third-order valence-corrected chi connectivity index (χ3v) is 4.77. The monoisotopic (exact) mass is 226 g/mol. The molecule has 0 bridgehead atoms. The van der Waals surface area contributed by atoms with Crippen molar-refractivity contribution in [2.24, 2.45) is 0 Å². The van der Waals surface area contributed by atoms with E-state index < -0.39 is 0 Å². The topological polar surface area (TPSA) is 0 Å². The lowest BCUT2D eigenvalue weighted by Gasteiger charge is -1.98. The highest BCUT2D eigenvalue weighted by atomic mass is 32.2. The van der Waals surface area contributed by atoms with Crippen LogP contribution in [-0.2, 0) is 0 Å². The fourth-order valence-corrected chi connectivity index (χ4v) is 3.20. The highest BCUT2D eigenvalue weighted by Gasteiger charge is 2.04. The average molecular weight is 226 g/mol. The van der Waals surface area contributed by atoms with Gasteiger partial charge < -0.3 is 0 Å². The zero-order valence-corrected chi connectivity index (χ0v) is 10.0. The van der Waals surface area contributed by atoms with Crippen molar-refractivity contribution < 1.29 is 0 Å². The molecule has 2 aromatic rings. The maximum Gasteiger partial charge on any atom is 0.0608 e. The maximum atomic E-state index is 4.41. The van der Waals surface area contributed by atoms with Crippen LogP contribution in [0.25, 0.3) is 10.1 Å². The van der Waals surface area contributed by atoms with Gasteiger partial charge in [0.05, 0.1) is 4.21 Å². The number of fused-ring (bicyclic) bond motifs is 1. The molecule has 1 aromatic carbocycles. The van der Waals surface area contributed by atoms with Crippen LogP contribution in [0.2, 0.25) is 0 Å². The summed E-state index contributed by atoms with van der Waals surface area (Å²) in [7, 11) is 0. The van der Waals surface area contributed by atoms with Crippen LogP contribution in [0.4, 0.5) is 0 Å². The molecule has 0 aliphatic carbocycles. The quantitative estimate of drug-likeness (QED) is 0.561. The minimum absolute atomic E-state index is 1.08. The summed E-state index contributed by atoms with van der Waals surface area (Å²) in [5.74, 6) is 0. The van der Waals surface area contributed by atoms with E-state index in [9.17, 15) is 0 Å². The van der Waals surface area contributed by atoms with Crippen molar-refractivity contribution in [3.8, 4) is 0 Å². The van der Waals surface area contributed by atoms with Crippen molar-refractivity contribution in [1.82, 2.24) is 0 Å². The third kappa shape index (κ3) is 1.60. The Bertz CT molecular complexity index is 443. The fourth-order valence-electron chi connectivity index (χ4n) is 1.32. The zero-order valence-electron chi connectivity index (χ0n) is 7.50. The lowest BCUT2D eigenvalue weighted by atomic mass is 10.1. The van der Waals surface area contributed by atoms with Crippen LogP contribution in [0.5, 0.6) is 0 Å². The van der Waals surface area contributed by atoms with E-state index in [2.05, 4.69) is 44.0 Å². The Kier molecular flexibility index (Phi) is 2.58. The molecule has 0 fully saturated rings. The number of thiol groups is 1. The van der Waals surface area contributed by atoms with E-state index in [1.54, 1.807) is 11.8 Å². The molecule has 0 radical (unpaired) electrons. The van der Waals surface area contributed by atoms with Gasteiger partial charge in [0.25, 0.3) is 0 Å². The van der Waals surface area contributed by atoms with Crippen LogP contribution in [0.3, 0.4) is 0 Å². The highest BCUT2D eigenvalue weighted by Crippen LogP contribution is 2.35. The molecule has 0 spiro atoms. The largest absolute Gasteiger partial charge is 0.143 e. The summed E-state index contributed by atoms with van der Waals surface area (Å²) in [5.41, 5.74) is 1.29. The first-order valence-corrected chi connectivity index (χ1v) is 6.47. The Morgan fingerprint density at radius 3 is 2.85 bits per heavy atom. The Balaban J connectivity index is 2.76. The molecule has 0 nitrogen and oxygen atoms in total. The first-order chi connectivity index (χ1) is 6.22. The van der Waals surface area contributed by atoms with Crippen molar-refractivity contribution in [3.63, 3.8) is 0 Å². The van der Waals surface area contributed by atoms with Gasteiger partial charge >= 0.3 is 0 Å². The molecule has 0 aliphatic rings. The summed E-state index contributed by atoms with van der Waals surface area (Å²) < 4.78 is 2.73. The van der Waals surface area contributed by atoms with Gasteiger partial charge in [-0.3, -0.25) is 0 Å². The molecule has 68 valence electrons. The van der Waals surface area contributed by atoms with E-state index >= 15 is 0 Å². The molecule has 0 atom stereocenters. The van der Waals surface area contributed by atoms with Gasteiger partial charge in [0.2, 0.25) is 0 Å². The number of thiophene rings is 1. The normalized spacial score (nSPS) is 11.0. The molecule has 0 saturated carbocycles. The van der Waals surface area contributed by atoms with Gasteiger partial charge in [-0.2, -0.15) is 0 Å². The smallest absolute Gasteiger partial charge is 0.0608 e. The molecule has 1 aromatic heterocycles. The molecular weight excluding hydrogens is 216 g/mol. The molecule has 0 amide bonds. The van der Waals surface area contributed by atoms with E-state index in [1.807, 2.05) is 11.3 Å². The molecule has 3 heteroatoms. The molecule has 1 heterocycles. The Morgan fingerprint density at radius 1 is 1.38 bits per heavy atom. The van der Waals surface area contributed by atoms with Gasteiger partial charge in [-0.05, 0) is 42.3 Å². The molecular formula is C10H10S3. The number of rotatable bonds is 1. The first kappa shape index (κ1) is 9.44. The summed E-state index contributed by atoms with van der Waals surface area (Å²) in [6.07, 6.45) is 2.11. The van der Waals surface area contributed by atoms with Crippen LogP contribution in [0.1, 0.15) is 5.56 Å². The molecule has 0 aliphatic heterocycles. The SMILES string of the molecule is CSc1cc2c(C)c(S)ccc2s1. The average Bonchev–Trinajstić information content (AvgIpc) is 2.55. The minimum atomic E-state index is 1.08. The summed E-state index contributed by atoms with van der Waals surface area (Å²) in [4.78, 5) is 1.08. The number of thioether (sulfide) groups is 1. The van der Waals surface area contributed by atoms with Gasteiger partial charge in [-0.25, -0.2) is 0 Å². The summed E-state index contributed by atoms with van der Waals surface area (Å²) in [6.45, 7) is 2.13. The number of benzene rings is 1. The van der Waals surface area contributed by atoms with Gasteiger partial charge in [0, 0.05) is 9.60 Å².